The van der Waals surface area contributed by atoms with E-state index in [0.29, 0.717) is 0 Å². The molecule has 0 aliphatic rings. The number of rotatable bonds is 7. The van der Waals surface area contributed by atoms with Crippen LogP contribution in [0, 0.1) is 12.3 Å². The van der Waals surface area contributed by atoms with Crippen molar-refractivity contribution in [2.24, 2.45) is 5.41 Å². The van der Waals surface area contributed by atoms with E-state index in [0.717, 1.165) is 37.6 Å². The third-order valence-electron chi connectivity index (χ3n) is 3.09. The number of hydrogen-bond acceptors (Lipinski definition) is 3. The van der Waals surface area contributed by atoms with Gasteiger partial charge in [-0.1, -0.05) is 26.8 Å². The molecule has 0 bridgehead atoms. The number of aryl methyl sites for hydroxylation is 1. The van der Waals surface area contributed by atoms with Crippen LogP contribution in [0.25, 0.3) is 0 Å². The van der Waals surface area contributed by atoms with Gasteiger partial charge in [-0.3, -0.25) is 9.88 Å². The Bertz CT molecular complexity index is 361. The fraction of sp³-hybridized carbons (Fsp3) is 0.667. The molecular weight excluding hydrogens is 222 g/mol. The number of pyridine rings is 1. The maximum atomic E-state index is 4.58. The van der Waals surface area contributed by atoms with Crippen molar-refractivity contribution in [3.8, 4) is 0 Å². The van der Waals surface area contributed by atoms with Gasteiger partial charge in [-0.15, -0.1) is 0 Å². The van der Waals surface area contributed by atoms with Gasteiger partial charge in [-0.2, -0.15) is 0 Å². The lowest BCUT2D eigenvalue weighted by Crippen LogP contribution is -2.39. The minimum Gasteiger partial charge on any atom is -0.319 e. The molecule has 3 nitrogen and oxygen atoms in total. The van der Waals surface area contributed by atoms with E-state index < -0.39 is 0 Å². The summed E-state index contributed by atoms with van der Waals surface area (Å²) < 4.78 is 0. The van der Waals surface area contributed by atoms with E-state index in [1.54, 1.807) is 0 Å². The Balaban J connectivity index is 2.62. The predicted octanol–water partition coefficient (Wildman–Crippen LogP) is 2.46. The summed E-state index contributed by atoms with van der Waals surface area (Å²) in [5.74, 6) is 0. The fourth-order valence-electron chi connectivity index (χ4n) is 2.34. The first-order chi connectivity index (χ1) is 8.46. The summed E-state index contributed by atoms with van der Waals surface area (Å²) in [6.45, 7) is 13.0. The van der Waals surface area contributed by atoms with E-state index >= 15 is 0 Å². The van der Waals surface area contributed by atoms with Crippen molar-refractivity contribution in [2.45, 2.75) is 34.2 Å². The first-order valence-corrected chi connectivity index (χ1v) is 6.76. The van der Waals surface area contributed by atoms with Gasteiger partial charge in [0.1, 0.15) is 0 Å². The molecule has 1 N–H and O–H groups in total. The van der Waals surface area contributed by atoms with Crippen molar-refractivity contribution in [2.75, 3.05) is 26.7 Å². The first-order valence-electron chi connectivity index (χ1n) is 6.76. The van der Waals surface area contributed by atoms with Gasteiger partial charge in [0.05, 0.1) is 5.69 Å². The van der Waals surface area contributed by atoms with Gasteiger partial charge < -0.3 is 5.32 Å². The van der Waals surface area contributed by atoms with Crippen molar-refractivity contribution in [3.63, 3.8) is 0 Å². The Kier molecular flexibility index (Phi) is 5.76. The van der Waals surface area contributed by atoms with Crippen molar-refractivity contribution in [1.82, 2.24) is 15.2 Å². The summed E-state index contributed by atoms with van der Waals surface area (Å²) in [6.07, 6.45) is 0. The minimum absolute atomic E-state index is 0.286. The Hall–Kier alpha value is -0.930. The van der Waals surface area contributed by atoms with Crippen LogP contribution in [-0.2, 0) is 6.54 Å². The maximum Gasteiger partial charge on any atom is 0.0547 e. The van der Waals surface area contributed by atoms with Gasteiger partial charge in [-0.05, 0) is 38.1 Å². The Morgan fingerprint density at radius 2 is 2.06 bits per heavy atom. The first kappa shape index (κ1) is 15.1. The number of nitrogens with zero attached hydrogens (tertiary/aromatic N) is 2. The van der Waals surface area contributed by atoms with Crippen molar-refractivity contribution in [3.05, 3.63) is 29.6 Å². The lowest BCUT2D eigenvalue weighted by Gasteiger charge is -2.31. The van der Waals surface area contributed by atoms with E-state index in [1.807, 2.05) is 20.0 Å². The summed E-state index contributed by atoms with van der Waals surface area (Å²) in [5, 5.41) is 3.27. The third-order valence-corrected chi connectivity index (χ3v) is 3.09. The molecule has 1 aromatic heterocycles. The Labute approximate surface area is 112 Å². The molecule has 0 spiro atoms. The van der Waals surface area contributed by atoms with Crippen LogP contribution >= 0.6 is 0 Å². The standard InChI is InChI=1S/C15H27N3/c1-6-18(12-15(3,4)11-16-5)10-14-9-7-8-13(2)17-14/h7-9,16H,6,10-12H2,1-5H3. The second-order valence-corrected chi connectivity index (χ2v) is 5.77. The zero-order valence-corrected chi connectivity index (χ0v) is 12.5. The molecule has 0 saturated carbocycles. The van der Waals surface area contributed by atoms with Crippen LogP contribution in [0.1, 0.15) is 32.2 Å². The van der Waals surface area contributed by atoms with Crippen LogP contribution < -0.4 is 5.32 Å². The molecule has 0 aliphatic heterocycles. The molecule has 0 fully saturated rings. The Morgan fingerprint density at radius 1 is 1.33 bits per heavy atom. The second-order valence-electron chi connectivity index (χ2n) is 5.77. The highest BCUT2D eigenvalue weighted by Gasteiger charge is 2.20. The lowest BCUT2D eigenvalue weighted by molar-refractivity contribution is 0.175. The lowest BCUT2D eigenvalue weighted by atomic mass is 9.92. The van der Waals surface area contributed by atoms with Crippen LogP contribution in [0.15, 0.2) is 18.2 Å². The van der Waals surface area contributed by atoms with Crippen molar-refractivity contribution >= 4 is 0 Å². The van der Waals surface area contributed by atoms with Crippen LogP contribution in [-0.4, -0.2) is 36.6 Å². The monoisotopic (exact) mass is 249 g/mol. The molecule has 1 heterocycles. The summed E-state index contributed by atoms with van der Waals surface area (Å²) in [4.78, 5) is 7.04. The zero-order valence-electron chi connectivity index (χ0n) is 12.5. The minimum atomic E-state index is 0.286. The van der Waals surface area contributed by atoms with Gasteiger partial charge >= 0.3 is 0 Å². The average molecular weight is 249 g/mol. The highest BCUT2D eigenvalue weighted by Crippen LogP contribution is 2.17. The summed E-state index contributed by atoms with van der Waals surface area (Å²) >= 11 is 0. The number of nitrogens with one attached hydrogen (secondary N) is 1. The SMILES string of the molecule is CCN(Cc1cccc(C)n1)CC(C)(C)CNC. The molecule has 0 unspecified atom stereocenters. The zero-order chi connectivity index (χ0) is 13.6. The van der Waals surface area contributed by atoms with Gasteiger partial charge in [0.2, 0.25) is 0 Å². The molecule has 0 saturated heterocycles. The average Bonchev–Trinajstić information content (AvgIpc) is 2.27. The molecular formula is C15H27N3. The topological polar surface area (TPSA) is 28.2 Å². The molecule has 0 aromatic carbocycles. The smallest absolute Gasteiger partial charge is 0.0547 e. The summed E-state index contributed by atoms with van der Waals surface area (Å²) in [5.41, 5.74) is 2.55. The van der Waals surface area contributed by atoms with E-state index in [9.17, 15) is 0 Å². The molecule has 1 aromatic rings. The molecule has 1 rings (SSSR count). The second kappa shape index (κ2) is 6.86. The van der Waals surface area contributed by atoms with Gasteiger partial charge in [-0.25, -0.2) is 0 Å². The highest BCUT2D eigenvalue weighted by atomic mass is 15.1. The van der Waals surface area contributed by atoms with E-state index in [4.69, 9.17) is 0 Å². The highest BCUT2D eigenvalue weighted by molar-refractivity contribution is 5.09. The van der Waals surface area contributed by atoms with E-state index in [-0.39, 0.29) is 5.41 Å². The van der Waals surface area contributed by atoms with E-state index in [2.05, 4.69) is 48.1 Å². The largest absolute Gasteiger partial charge is 0.319 e. The number of aromatic nitrogens is 1. The van der Waals surface area contributed by atoms with Crippen molar-refractivity contribution in [1.29, 1.82) is 0 Å². The number of hydrogen-bond donors (Lipinski definition) is 1. The third kappa shape index (κ3) is 5.15. The van der Waals surface area contributed by atoms with Gasteiger partial charge in [0, 0.05) is 25.3 Å². The quantitative estimate of drug-likeness (QED) is 0.804. The van der Waals surface area contributed by atoms with Crippen LogP contribution in [0.4, 0.5) is 0 Å². The molecule has 3 heteroatoms. The molecule has 0 radical (unpaired) electrons. The predicted molar refractivity (Wildman–Crippen MR) is 77.6 cm³/mol. The molecule has 18 heavy (non-hydrogen) atoms. The molecule has 102 valence electrons. The Morgan fingerprint density at radius 3 is 2.61 bits per heavy atom. The maximum absolute atomic E-state index is 4.58. The van der Waals surface area contributed by atoms with Gasteiger partial charge in [0.15, 0.2) is 0 Å². The normalized spacial score (nSPS) is 12.1. The molecule has 0 amide bonds. The molecule has 0 atom stereocenters. The van der Waals surface area contributed by atoms with Crippen LogP contribution in [0.2, 0.25) is 0 Å². The van der Waals surface area contributed by atoms with Crippen LogP contribution in [0.3, 0.4) is 0 Å². The summed E-state index contributed by atoms with van der Waals surface area (Å²) in [6, 6.07) is 6.25. The summed E-state index contributed by atoms with van der Waals surface area (Å²) in [7, 11) is 2.01. The fourth-order valence-corrected chi connectivity index (χ4v) is 2.34. The van der Waals surface area contributed by atoms with Crippen LogP contribution in [0.5, 0.6) is 0 Å². The van der Waals surface area contributed by atoms with Crippen molar-refractivity contribution < 1.29 is 0 Å². The van der Waals surface area contributed by atoms with E-state index in [1.165, 1.54) is 0 Å². The van der Waals surface area contributed by atoms with Gasteiger partial charge in [0.25, 0.3) is 0 Å². The molecule has 0 aliphatic carbocycles.